The van der Waals surface area contributed by atoms with E-state index in [1.165, 1.54) is 0 Å². The summed E-state index contributed by atoms with van der Waals surface area (Å²) >= 11 is 0. The molecule has 2 aromatic rings. The fraction of sp³-hybridized carbons (Fsp3) is 0.438. The Morgan fingerprint density at radius 3 is 2.73 bits per heavy atom. The molecule has 6 nitrogen and oxygen atoms in total. The number of carbonyl (C=O) groups excluding carboxylic acids is 1. The topological polar surface area (TPSA) is 62.5 Å². The molecular weight excluding hydrogens is 280 g/mol. The zero-order valence-corrected chi connectivity index (χ0v) is 12.5. The van der Waals surface area contributed by atoms with Gasteiger partial charge in [0.25, 0.3) is 5.91 Å². The molecule has 2 fully saturated rings. The van der Waals surface area contributed by atoms with Crippen LogP contribution >= 0.6 is 0 Å². The summed E-state index contributed by atoms with van der Waals surface area (Å²) in [7, 11) is 0. The predicted molar refractivity (Wildman–Crippen MR) is 80.7 cm³/mol. The first-order chi connectivity index (χ1) is 10.8. The quantitative estimate of drug-likeness (QED) is 0.847. The van der Waals surface area contributed by atoms with Gasteiger partial charge < -0.3 is 14.2 Å². The average Bonchev–Trinajstić information content (AvgIpc) is 3.23. The molecule has 2 aliphatic heterocycles. The van der Waals surface area contributed by atoms with Gasteiger partial charge in [-0.2, -0.15) is 0 Å². The molecule has 1 amide bonds. The van der Waals surface area contributed by atoms with Gasteiger partial charge in [-0.05, 0) is 31.9 Å². The van der Waals surface area contributed by atoms with Gasteiger partial charge in [0.15, 0.2) is 0 Å². The lowest BCUT2D eigenvalue weighted by molar-refractivity contribution is 0.0736. The smallest absolute Gasteiger partial charge is 0.257 e. The third-order valence-corrected chi connectivity index (χ3v) is 4.74. The van der Waals surface area contributed by atoms with Crippen LogP contribution in [0.4, 0.5) is 5.95 Å². The number of nitrogens with zero attached hydrogens (tertiary/aromatic N) is 4. The summed E-state index contributed by atoms with van der Waals surface area (Å²) in [5, 5.41) is 0. The first-order valence-electron chi connectivity index (χ1n) is 7.64. The van der Waals surface area contributed by atoms with E-state index in [4.69, 9.17) is 4.42 Å². The number of hydrogen-bond donors (Lipinski definition) is 0. The van der Waals surface area contributed by atoms with Crippen molar-refractivity contribution in [1.29, 1.82) is 0 Å². The fourth-order valence-corrected chi connectivity index (χ4v) is 3.69. The monoisotopic (exact) mass is 298 g/mol. The van der Waals surface area contributed by atoms with Gasteiger partial charge in [-0.25, -0.2) is 9.97 Å². The molecule has 0 unspecified atom stereocenters. The van der Waals surface area contributed by atoms with E-state index >= 15 is 0 Å². The van der Waals surface area contributed by atoms with Gasteiger partial charge >= 0.3 is 0 Å². The van der Waals surface area contributed by atoms with Crippen molar-refractivity contribution < 1.29 is 9.21 Å². The van der Waals surface area contributed by atoms with E-state index in [0.717, 1.165) is 31.9 Å². The molecule has 0 radical (unpaired) electrons. The second-order valence-corrected chi connectivity index (χ2v) is 5.84. The van der Waals surface area contributed by atoms with Gasteiger partial charge in [-0.1, -0.05) is 0 Å². The Morgan fingerprint density at radius 1 is 1.23 bits per heavy atom. The van der Waals surface area contributed by atoms with Gasteiger partial charge in [-0.15, -0.1) is 0 Å². The third-order valence-electron chi connectivity index (χ3n) is 4.74. The highest BCUT2D eigenvalue weighted by Gasteiger charge is 2.45. The fourth-order valence-electron chi connectivity index (χ4n) is 3.69. The molecule has 2 atom stereocenters. The van der Waals surface area contributed by atoms with Crippen LogP contribution in [0.3, 0.4) is 0 Å². The van der Waals surface area contributed by atoms with Crippen molar-refractivity contribution in [3.05, 3.63) is 42.1 Å². The number of anilines is 1. The summed E-state index contributed by atoms with van der Waals surface area (Å²) in [4.78, 5) is 25.7. The number of amides is 1. The molecule has 2 saturated heterocycles. The van der Waals surface area contributed by atoms with Crippen molar-refractivity contribution in [1.82, 2.24) is 14.9 Å². The highest BCUT2D eigenvalue weighted by Crippen LogP contribution is 2.34. The Bertz CT molecular complexity index is 684. The van der Waals surface area contributed by atoms with Gasteiger partial charge in [0.05, 0.1) is 23.9 Å². The van der Waals surface area contributed by atoms with Crippen LogP contribution in [0, 0.1) is 6.92 Å². The molecule has 2 aliphatic rings. The van der Waals surface area contributed by atoms with E-state index in [1.54, 1.807) is 24.7 Å². The summed E-state index contributed by atoms with van der Waals surface area (Å²) in [6.07, 6.45) is 7.04. The van der Waals surface area contributed by atoms with Crippen LogP contribution in [0.15, 0.2) is 35.2 Å². The maximum Gasteiger partial charge on any atom is 0.257 e. The molecule has 6 heteroatoms. The molecular formula is C16H18N4O2. The maximum atomic E-state index is 12.7. The molecule has 0 spiro atoms. The molecule has 4 rings (SSSR count). The zero-order valence-electron chi connectivity index (χ0n) is 12.5. The van der Waals surface area contributed by atoms with Crippen molar-refractivity contribution in [2.24, 2.45) is 0 Å². The van der Waals surface area contributed by atoms with Crippen LogP contribution in [0.2, 0.25) is 0 Å². The number of rotatable bonds is 2. The number of aromatic nitrogens is 2. The standard InChI is InChI=1S/C16H18N4O2/c1-11-12(5-10-22-11)15(21)19-8-3-14-13(19)4-9-20(14)16-17-6-2-7-18-16/h2,5-7,10,13-14H,3-4,8-9H2,1H3/t13-,14+/m0/s1. The van der Waals surface area contributed by atoms with E-state index in [9.17, 15) is 4.79 Å². The summed E-state index contributed by atoms with van der Waals surface area (Å²) in [5.74, 6) is 1.54. The van der Waals surface area contributed by atoms with Crippen LogP contribution in [-0.4, -0.2) is 45.9 Å². The minimum Gasteiger partial charge on any atom is -0.469 e. The van der Waals surface area contributed by atoms with Crippen molar-refractivity contribution in [2.45, 2.75) is 31.8 Å². The summed E-state index contributed by atoms with van der Waals surface area (Å²) in [6, 6.07) is 4.14. The summed E-state index contributed by atoms with van der Waals surface area (Å²) in [6.45, 7) is 3.51. The number of likely N-dealkylation sites (tertiary alicyclic amines) is 1. The van der Waals surface area contributed by atoms with Crippen LogP contribution < -0.4 is 4.90 Å². The number of hydrogen-bond acceptors (Lipinski definition) is 5. The first-order valence-corrected chi connectivity index (χ1v) is 7.64. The zero-order chi connectivity index (χ0) is 15.1. The van der Waals surface area contributed by atoms with Crippen LogP contribution in [0.25, 0.3) is 0 Å². The van der Waals surface area contributed by atoms with E-state index in [0.29, 0.717) is 17.4 Å². The highest BCUT2D eigenvalue weighted by atomic mass is 16.3. The Labute approximate surface area is 128 Å². The van der Waals surface area contributed by atoms with Gasteiger partial charge in [0, 0.05) is 25.5 Å². The Kier molecular flexibility index (Phi) is 3.10. The maximum absolute atomic E-state index is 12.7. The van der Waals surface area contributed by atoms with Crippen LogP contribution in [0.5, 0.6) is 0 Å². The van der Waals surface area contributed by atoms with Crippen molar-refractivity contribution in [3.63, 3.8) is 0 Å². The molecule has 4 heterocycles. The van der Waals surface area contributed by atoms with E-state index < -0.39 is 0 Å². The Hall–Kier alpha value is -2.37. The lowest BCUT2D eigenvalue weighted by Gasteiger charge is -2.25. The van der Waals surface area contributed by atoms with Crippen molar-refractivity contribution in [2.75, 3.05) is 18.0 Å². The van der Waals surface area contributed by atoms with Crippen molar-refractivity contribution in [3.8, 4) is 0 Å². The minimum absolute atomic E-state index is 0.0783. The predicted octanol–water partition coefficient (Wildman–Crippen LogP) is 1.87. The number of fused-ring (bicyclic) bond motifs is 1. The van der Waals surface area contributed by atoms with E-state index in [2.05, 4.69) is 14.9 Å². The summed E-state index contributed by atoms with van der Waals surface area (Å²) < 4.78 is 5.27. The Balaban J connectivity index is 1.56. The lowest BCUT2D eigenvalue weighted by Crippen LogP contribution is -2.40. The van der Waals surface area contributed by atoms with Crippen LogP contribution in [0.1, 0.15) is 29.0 Å². The van der Waals surface area contributed by atoms with E-state index in [-0.39, 0.29) is 11.9 Å². The summed E-state index contributed by atoms with van der Waals surface area (Å²) in [5.41, 5.74) is 0.676. The van der Waals surface area contributed by atoms with Gasteiger partial charge in [0.1, 0.15) is 5.76 Å². The van der Waals surface area contributed by atoms with Crippen LogP contribution in [-0.2, 0) is 0 Å². The second-order valence-electron chi connectivity index (χ2n) is 5.84. The average molecular weight is 298 g/mol. The van der Waals surface area contributed by atoms with Gasteiger partial charge in [0.2, 0.25) is 5.95 Å². The lowest BCUT2D eigenvalue weighted by atomic mass is 10.1. The first kappa shape index (κ1) is 13.3. The number of furan rings is 1. The normalized spacial score (nSPS) is 23.9. The molecule has 0 N–H and O–H groups in total. The SMILES string of the molecule is Cc1occc1C(=O)N1CC[C@@H]2[C@@H]1CCN2c1ncccn1. The van der Waals surface area contributed by atoms with Crippen molar-refractivity contribution >= 4 is 11.9 Å². The highest BCUT2D eigenvalue weighted by molar-refractivity contribution is 5.95. The molecule has 22 heavy (non-hydrogen) atoms. The number of aryl methyl sites for hydroxylation is 1. The molecule has 114 valence electrons. The second kappa shape index (κ2) is 5.12. The largest absolute Gasteiger partial charge is 0.469 e. The molecule has 0 saturated carbocycles. The number of carbonyl (C=O) groups is 1. The Morgan fingerprint density at radius 2 is 2.00 bits per heavy atom. The van der Waals surface area contributed by atoms with E-state index in [1.807, 2.05) is 17.9 Å². The molecule has 2 aromatic heterocycles. The molecule has 0 aromatic carbocycles. The molecule has 0 aliphatic carbocycles. The molecule has 0 bridgehead atoms. The third kappa shape index (κ3) is 1.98. The minimum atomic E-state index is 0.0783. The van der Waals surface area contributed by atoms with Gasteiger partial charge in [-0.3, -0.25) is 4.79 Å².